The maximum absolute atomic E-state index is 13.5. The SMILES string of the molecule is C[C@H]1C(=O)[C@@]23CC[C@@H]4[C@@]5(C)CCC[C@@]4([C@@H]4OCCN4C5)[C@@H]2CCC1C3. The molecule has 138 valence electrons. The molecule has 0 aromatic carbocycles. The Bertz CT molecular complexity index is 634. The van der Waals surface area contributed by atoms with Crippen molar-refractivity contribution in [1.29, 1.82) is 0 Å². The van der Waals surface area contributed by atoms with Crippen LogP contribution in [-0.4, -0.2) is 36.6 Å². The van der Waals surface area contributed by atoms with E-state index in [9.17, 15) is 4.79 Å². The molecule has 2 aliphatic heterocycles. The van der Waals surface area contributed by atoms with Gasteiger partial charge in [-0.25, -0.2) is 0 Å². The van der Waals surface area contributed by atoms with Gasteiger partial charge in [-0.15, -0.1) is 0 Å². The number of piperidine rings is 1. The van der Waals surface area contributed by atoms with Crippen molar-refractivity contribution in [3.8, 4) is 0 Å². The molecule has 0 aromatic rings. The van der Waals surface area contributed by atoms with Crippen molar-refractivity contribution in [2.45, 2.75) is 71.4 Å². The quantitative estimate of drug-likeness (QED) is 0.669. The van der Waals surface area contributed by atoms with E-state index in [1.807, 2.05) is 0 Å². The van der Waals surface area contributed by atoms with Gasteiger partial charge in [0.25, 0.3) is 0 Å². The van der Waals surface area contributed by atoms with E-state index < -0.39 is 0 Å². The van der Waals surface area contributed by atoms with Gasteiger partial charge in [0.1, 0.15) is 12.0 Å². The largest absolute Gasteiger partial charge is 0.361 e. The van der Waals surface area contributed by atoms with Crippen molar-refractivity contribution in [1.82, 2.24) is 4.90 Å². The van der Waals surface area contributed by atoms with E-state index in [-0.39, 0.29) is 10.8 Å². The van der Waals surface area contributed by atoms with Crippen LogP contribution in [0.25, 0.3) is 0 Å². The third kappa shape index (κ3) is 1.61. The van der Waals surface area contributed by atoms with Crippen LogP contribution in [0.3, 0.4) is 0 Å². The Kier molecular flexibility index (Phi) is 2.94. The van der Waals surface area contributed by atoms with Crippen LogP contribution in [0.1, 0.15) is 65.2 Å². The molecule has 6 aliphatic rings. The third-order valence-electron chi connectivity index (χ3n) is 10.1. The van der Waals surface area contributed by atoms with Gasteiger partial charge in [0.05, 0.1) is 6.61 Å². The van der Waals surface area contributed by atoms with Gasteiger partial charge in [0.15, 0.2) is 0 Å². The fourth-order valence-corrected chi connectivity index (χ4v) is 9.43. The normalized spacial score (nSPS) is 60.1. The summed E-state index contributed by atoms with van der Waals surface area (Å²) in [6.07, 6.45) is 10.6. The minimum absolute atomic E-state index is 0.0199. The lowest BCUT2D eigenvalue weighted by atomic mass is 9.38. The van der Waals surface area contributed by atoms with Crippen molar-refractivity contribution in [2.75, 3.05) is 19.7 Å². The number of ketones is 1. The Morgan fingerprint density at radius 3 is 2.88 bits per heavy atom. The van der Waals surface area contributed by atoms with Crippen LogP contribution in [0.4, 0.5) is 0 Å². The first-order valence-corrected chi connectivity index (χ1v) is 10.9. The number of fused-ring (bicyclic) bond motifs is 2. The molecule has 25 heavy (non-hydrogen) atoms. The van der Waals surface area contributed by atoms with Crippen molar-refractivity contribution in [2.24, 2.45) is 39.9 Å². The highest BCUT2D eigenvalue weighted by molar-refractivity contribution is 5.90. The van der Waals surface area contributed by atoms with Crippen LogP contribution >= 0.6 is 0 Å². The second-order valence-corrected chi connectivity index (χ2v) is 10.8. The Hall–Kier alpha value is -0.410. The summed E-state index contributed by atoms with van der Waals surface area (Å²) in [5.41, 5.74) is 0.741. The number of carbonyl (C=O) groups excluding carboxylic acids is 1. The number of ether oxygens (including phenoxy) is 1. The van der Waals surface area contributed by atoms with Crippen LogP contribution in [0.5, 0.6) is 0 Å². The Labute approximate surface area is 151 Å². The molecule has 6 fully saturated rings. The Morgan fingerprint density at radius 2 is 2.00 bits per heavy atom. The molecule has 4 saturated carbocycles. The maximum Gasteiger partial charge on any atom is 0.142 e. The monoisotopic (exact) mass is 343 g/mol. The van der Waals surface area contributed by atoms with Gasteiger partial charge in [-0.3, -0.25) is 9.69 Å². The van der Waals surface area contributed by atoms with Crippen molar-refractivity contribution in [3.63, 3.8) is 0 Å². The van der Waals surface area contributed by atoms with Gasteiger partial charge in [0.2, 0.25) is 0 Å². The fraction of sp³-hybridized carbons (Fsp3) is 0.955. The first-order valence-electron chi connectivity index (χ1n) is 10.9. The van der Waals surface area contributed by atoms with Crippen LogP contribution in [-0.2, 0) is 9.53 Å². The molecular formula is C22H33NO2. The molecule has 0 aromatic heterocycles. The van der Waals surface area contributed by atoms with Crippen LogP contribution in [0.2, 0.25) is 0 Å². The highest BCUT2D eigenvalue weighted by Crippen LogP contribution is 2.74. The minimum atomic E-state index is 0.0199. The van der Waals surface area contributed by atoms with Crippen molar-refractivity contribution < 1.29 is 9.53 Å². The topological polar surface area (TPSA) is 29.5 Å². The highest BCUT2D eigenvalue weighted by atomic mass is 16.5. The smallest absolute Gasteiger partial charge is 0.142 e. The molecule has 4 bridgehead atoms. The van der Waals surface area contributed by atoms with E-state index in [4.69, 9.17) is 4.74 Å². The highest BCUT2D eigenvalue weighted by Gasteiger charge is 2.73. The molecule has 0 amide bonds. The number of hydrogen-bond donors (Lipinski definition) is 0. The summed E-state index contributed by atoms with van der Waals surface area (Å²) < 4.78 is 6.48. The molecule has 1 unspecified atom stereocenters. The minimum Gasteiger partial charge on any atom is -0.361 e. The van der Waals surface area contributed by atoms with Gasteiger partial charge < -0.3 is 4.74 Å². The summed E-state index contributed by atoms with van der Waals surface area (Å²) in [5.74, 6) is 3.02. The predicted octanol–water partition coefficient (Wildman–Crippen LogP) is 3.87. The number of Topliss-reactive ketones (excluding diaryl/α,β-unsaturated/α-hetero) is 1. The van der Waals surface area contributed by atoms with Gasteiger partial charge in [0, 0.05) is 29.8 Å². The summed E-state index contributed by atoms with van der Waals surface area (Å²) in [4.78, 5) is 16.2. The zero-order valence-electron chi connectivity index (χ0n) is 15.9. The molecule has 2 heterocycles. The average Bonchev–Trinajstić information content (AvgIpc) is 3.12. The van der Waals surface area contributed by atoms with Gasteiger partial charge in [-0.2, -0.15) is 0 Å². The molecule has 6 rings (SSSR count). The molecule has 0 N–H and O–H groups in total. The van der Waals surface area contributed by atoms with Crippen LogP contribution < -0.4 is 0 Å². The van der Waals surface area contributed by atoms with E-state index in [1.54, 1.807) is 0 Å². The summed E-state index contributed by atoms with van der Waals surface area (Å²) in [6.45, 7) is 8.06. The lowest BCUT2D eigenvalue weighted by Gasteiger charge is -2.70. The molecular weight excluding hydrogens is 310 g/mol. The number of hydrogen-bond acceptors (Lipinski definition) is 3. The van der Waals surface area contributed by atoms with Crippen LogP contribution in [0.15, 0.2) is 0 Å². The van der Waals surface area contributed by atoms with E-state index in [0.29, 0.717) is 35.2 Å². The molecule has 2 saturated heterocycles. The molecule has 3 nitrogen and oxygen atoms in total. The summed E-state index contributed by atoms with van der Waals surface area (Å²) in [5, 5.41) is 0. The van der Waals surface area contributed by atoms with E-state index in [1.165, 1.54) is 57.9 Å². The summed E-state index contributed by atoms with van der Waals surface area (Å²) in [7, 11) is 0. The zero-order valence-corrected chi connectivity index (χ0v) is 15.9. The third-order valence-corrected chi connectivity index (χ3v) is 10.1. The molecule has 1 spiro atoms. The first-order chi connectivity index (χ1) is 12.0. The molecule has 0 radical (unpaired) electrons. The number of rotatable bonds is 0. The van der Waals surface area contributed by atoms with Gasteiger partial charge in [-0.05, 0) is 68.1 Å². The first kappa shape index (κ1) is 15.6. The zero-order chi connectivity index (χ0) is 17.0. The fourth-order valence-electron chi connectivity index (χ4n) is 9.43. The van der Waals surface area contributed by atoms with Crippen LogP contribution in [0, 0.1) is 39.9 Å². The van der Waals surface area contributed by atoms with Gasteiger partial charge in [-0.1, -0.05) is 20.3 Å². The number of nitrogens with zero attached hydrogens (tertiary/aromatic N) is 1. The Morgan fingerprint density at radius 1 is 1.12 bits per heavy atom. The lowest BCUT2D eigenvalue weighted by Crippen LogP contribution is -2.71. The Balaban J connectivity index is 1.53. The maximum atomic E-state index is 13.5. The van der Waals surface area contributed by atoms with Crippen molar-refractivity contribution >= 4 is 5.78 Å². The second kappa shape index (κ2) is 4.70. The van der Waals surface area contributed by atoms with E-state index >= 15 is 0 Å². The molecule has 3 heteroatoms. The average molecular weight is 344 g/mol. The molecule has 4 aliphatic carbocycles. The molecule has 8 atom stereocenters. The van der Waals surface area contributed by atoms with Gasteiger partial charge >= 0.3 is 0 Å². The lowest BCUT2D eigenvalue weighted by molar-refractivity contribution is -0.265. The summed E-state index contributed by atoms with van der Waals surface area (Å²) in [6, 6.07) is 0. The van der Waals surface area contributed by atoms with Crippen molar-refractivity contribution in [3.05, 3.63) is 0 Å². The van der Waals surface area contributed by atoms with E-state index in [2.05, 4.69) is 18.7 Å². The summed E-state index contributed by atoms with van der Waals surface area (Å²) >= 11 is 0. The standard InChI is InChI=1S/C22H33NO2/c1-14-15-4-5-17-21(12-15,18(14)24)9-6-16-20(2)7-3-8-22(16,17)19-23(13-20)10-11-25-19/h14-17,19H,3-13H2,1-2H3/t14-,15?,16-,17-,19+,20+,21-,22+/m1/s1. The second-order valence-electron chi connectivity index (χ2n) is 10.8. The van der Waals surface area contributed by atoms with E-state index in [0.717, 1.165) is 19.1 Å². The number of carbonyl (C=O) groups is 1. The predicted molar refractivity (Wildman–Crippen MR) is 95.9 cm³/mol.